The lowest BCUT2D eigenvalue weighted by molar-refractivity contribution is -0.137. The molecule has 0 aliphatic carbocycles. The van der Waals surface area contributed by atoms with Gasteiger partial charge in [0.15, 0.2) is 17.3 Å². The molecule has 0 saturated carbocycles. The number of nitrogens with one attached hydrogen (secondary N) is 1. The fourth-order valence-corrected chi connectivity index (χ4v) is 2.88. The number of hydrogen-bond donors (Lipinski definition) is 1. The quantitative estimate of drug-likeness (QED) is 0.439. The number of alkyl halides is 3. The van der Waals surface area contributed by atoms with Crippen molar-refractivity contribution in [1.29, 1.82) is 0 Å². The van der Waals surface area contributed by atoms with Crippen molar-refractivity contribution in [2.45, 2.75) is 19.5 Å². The second-order valence-electron chi connectivity index (χ2n) is 6.85. The summed E-state index contributed by atoms with van der Waals surface area (Å²) in [6.07, 6.45) is -4.22. The van der Waals surface area contributed by atoms with Crippen LogP contribution in [0.4, 0.5) is 17.6 Å². The molecule has 3 aromatic rings. The van der Waals surface area contributed by atoms with E-state index in [1.807, 2.05) is 0 Å². The molecule has 1 aromatic heterocycles. The van der Waals surface area contributed by atoms with Gasteiger partial charge in [-0.3, -0.25) is 9.59 Å². The average Bonchev–Trinajstić information content (AvgIpc) is 2.74. The zero-order valence-electron chi connectivity index (χ0n) is 16.9. The number of rotatable bonds is 7. The highest BCUT2D eigenvalue weighted by atomic mass is 19.4. The third-order valence-electron chi connectivity index (χ3n) is 4.44. The van der Waals surface area contributed by atoms with Crippen molar-refractivity contribution in [2.75, 3.05) is 13.2 Å². The van der Waals surface area contributed by atoms with E-state index >= 15 is 0 Å². The molecule has 0 aliphatic rings. The predicted molar refractivity (Wildman–Crippen MR) is 108 cm³/mol. The molecular formula is C22H19F4N3O3. The lowest BCUT2D eigenvalue weighted by Crippen LogP contribution is -2.33. The summed E-state index contributed by atoms with van der Waals surface area (Å²) in [5.74, 6) is -1.19. The largest absolute Gasteiger partial charge is 0.490 e. The van der Waals surface area contributed by atoms with Gasteiger partial charge in [0.25, 0.3) is 5.91 Å². The number of nitrogens with zero attached hydrogens (tertiary/aromatic N) is 2. The number of halogens is 4. The zero-order chi connectivity index (χ0) is 23.3. The summed E-state index contributed by atoms with van der Waals surface area (Å²) in [6, 6.07) is 11.4. The van der Waals surface area contributed by atoms with Crippen molar-refractivity contribution in [1.82, 2.24) is 15.1 Å². The third kappa shape index (κ3) is 5.51. The Balaban J connectivity index is 1.68. The first kappa shape index (κ1) is 23.0. The second kappa shape index (κ2) is 9.63. The van der Waals surface area contributed by atoms with Crippen LogP contribution in [0.3, 0.4) is 0 Å². The first-order chi connectivity index (χ1) is 15.2. The van der Waals surface area contributed by atoms with Crippen LogP contribution in [0.5, 0.6) is 5.75 Å². The minimum Gasteiger partial charge on any atom is -0.490 e. The lowest BCUT2D eigenvalue weighted by Gasteiger charge is -2.13. The molecule has 168 valence electrons. The molecule has 3 rings (SSSR count). The number of carbonyl (C=O) groups excluding carboxylic acids is 1. The van der Waals surface area contributed by atoms with Crippen molar-refractivity contribution < 1.29 is 27.1 Å². The molecule has 1 amide bonds. The highest BCUT2D eigenvalue weighted by Gasteiger charge is 2.30. The Hall–Kier alpha value is -3.69. The van der Waals surface area contributed by atoms with Crippen LogP contribution in [0.25, 0.3) is 5.69 Å². The molecule has 6 nitrogen and oxygen atoms in total. The highest BCUT2D eigenvalue weighted by Crippen LogP contribution is 2.30. The fraction of sp³-hybridized carbons (Fsp3) is 0.227. The Labute approximate surface area is 180 Å². The molecule has 0 fully saturated rings. The number of benzene rings is 2. The molecule has 10 heteroatoms. The van der Waals surface area contributed by atoms with Gasteiger partial charge >= 0.3 is 6.18 Å². The monoisotopic (exact) mass is 449 g/mol. The van der Waals surface area contributed by atoms with Crippen molar-refractivity contribution in [2.24, 2.45) is 0 Å². The maximum absolute atomic E-state index is 13.5. The zero-order valence-corrected chi connectivity index (χ0v) is 16.9. The highest BCUT2D eigenvalue weighted by molar-refractivity contribution is 5.92. The maximum atomic E-state index is 13.5. The third-order valence-corrected chi connectivity index (χ3v) is 4.44. The molecule has 0 radical (unpaired) electrons. The van der Waals surface area contributed by atoms with Crippen LogP contribution in [-0.2, 0) is 6.18 Å². The number of aryl methyl sites for hydroxylation is 1. The Morgan fingerprint density at radius 2 is 1.88 bits per heavy atom. The van der Waals surface area contributed by atoms with Gasteiger partial charge in [0.05, 0.1) is 17.9 Å². The molecule has 0 unspecified atom stereocenters. The van der Waals surface area contributed by atoms with Crippen LogP contribution in [0.15, 0.2) is 59.4 Å². The summed E-state index contributed by atoms with van der Waals surface area (Å²) in [5.41, 5.74) is -1.67. The van der Waals surface area contributed by atoms with E-state index in [1.165, 1.54) is 37.3 Å². The summed E-state index contributed by atoms with van der Waals surface area (Å²) >= 11 is 0. The fourth-order valence-electron chi connectivity index (χ4n) is 2.88. The standard InChI is InChI=1S/C22H19F4N3O3/c1-14-12-18(30)20(28-29(14)16-7-4-6-15(13-16)22(24,25)26)21(31)27-10-5-11-32-19-9-3-2-8-17(19)23/h2-4,6-9,12-13H,5,10-11H2,1H3,(H,27,31). The van der Waals surface area contributed by atoms with Crippen LogP contribution in [-0.4, -0.2) is 28.8 Å². The van der Waals surface area contributed by atoms with E-state index in [9.17, 15) is 27.2 Å². The van der Waals surface area contributed by atoms with Gasteiger partial charge in [-0.25, -0.2) is 9.07 Å². The van der Waals surface area contributed by atoms with Gasteiger partial charge < -0.3 is 10.1 Å². The molecule has 1 heterocycles. The van der Waals surface area contributed by atoms with Gasteiger partial charge in [-0.2, -0.15) is 18.3 Å². The molecule has 0 spiro atoms. The molecule has 0 atom stereocenters. The topological polar surface area (TPSA) is 73.2 Å². The molecule has 0 saturated heterocycles. The molecular weight excluding hydrogens is 430 g/mol. The van der Waals surface area contributed by atoms with Crippen LogP contribution < -0.4 is 15.5 Å². The molecule has 32 heavy (non-hydrogen) atoms. The minimum absolute atomic E-state index is 0.0599. The second-order valence-corrected chi connectivity index (χ2v) is 6.85. The molecule has 1 N–H and O–H groups in total. The van der Waals surface area contributed by atoms with E-state index in [-0.39, 0.29) is 30.3 Å². The number of hydrogen-bond acceptors (Lipinski definition) is 4. The van der Waals surface area contributed by atoms with Gasteiger partial charge in [0.1, 0.15) is 0 Å². The van der Waals surface area contributed by atoms with Gasteiger partial charge in [-0.1, -0.05) is 18.2 Å². The van der Waals surface area contributed by atoms with E-state index < -0.39 is 34.6 Å². The van der Waals surface area contributed by atoms with Crippen LogP contribution in [0, 0.1) is 12.7 Å². The Bertz CT molecular complexity index is 1180. The van der Waals surface area contributed by atoms with Gasteiger partial charge in [0, 0.05) is 18.3 Å². The number of carbonyl (C=O) groups is 1. The summed E-state index contributed by atoms with van der Waals surface area (Å²) in [7, 11) is 0. The molecule has 0 bridgehead atoms. The number of aromatic nitrogens is 2. The van der Waals surface area contributed by atoms with Crippen molar-refractivity contribution in [3.05, 3.63) is 87.6 Å². The van der Waals surface area contributed by atoms with E-state index in [0.29, 0.717) is 6.42 Å². The van der Waals surface area contributed by atoms with Gasteiger partial charge in [0.2, 0.25) is 5.43 Å². The van der Waals surface area contributed by atoms with Crippen LogP contribution in [0.2, 0.25) is 0 Å². The minimum atomic E-state index is -4.55. The van der Waals surface area contributed by atoms with Crippen molar-refractivity contribution in [3.8, 4) is 11.4 Å². The maximum Gasteiger partial charge on any atom is 0.416 e. The van der Waals surface area contributed by atoms with Gasteiger partial charge in [-0.05, 0) is 43.7 Å². The van der Waals surface area contributed by atoms with E-state index in [1.54, 1.807) is 6.07 Å². The SMILES string of the molecule is Cc1cc(=O)c(C(=O)NCCCOc2ccccc2F)nn1-c1cccc(C(F)(F)F)c1. The Morgan fingerprint density at radius 1 is 1.12 bits per heavy atom. The number of ether oxygens (including phenoxy) is 1. The predicted octanol–water partition coefficient (Wildman–Crippen LogP) is 3.90. The van der Waals surface area contributed by atoms with E-state index in [4.69, 9.17) is 4.74 Å². The van der Waals surface area contributed by atoms with E-state index in [0.717, 1.165) is 22.9 Å². The summed E-state index contributed by atoms with van der Waals surface area (Å²) in [4.78, 5) is 24.6. The normalized spacial score (nSPS) is 11.3. The van der Waals surface area contributed by atoms with Crippen LogP contribution >= 0.6 is 0 Å². The Kier molecular flexibility index (Phi) is 6.92. The number of amides is 1. The summed E-state index contributed by atoms with van der Waals surface area (Å²) in [6.45, 7) is 1.74. The van der Waals surface area contributed by atoms with Gasteiger partial charge in [-0.15, -0.1) is 0 Å². The average molecular weight is 449 g/mol. The molecule has 2 aromatic carbocycles. The summed E-state index contributed by atoms with van der Waals surface area (Å²) < 4.78 is 58.9. The number of para-hydroxylation sites is 1. The summed E-state index contributed by atoms with van der Waals surface area (Å²) in [5, 5.41) is 6.47. The lowest BCUT2D eigenvalue weighted by atomic mass is 10.2. The Morgan fingerprint density at radius 3 is 2.59 bits per heavy atom. The van der Waals surface area contributed by atoms with Crippen molar-refractivity contribution >= 4 is 5.91 Å². The van der Waals surface area contributed by atoms with E-state index in [2.05, 4.69) is 10.4 Å². The van der Waals surface area contributed by atoms with Crippen molar-refractivity contribution in [3.63, 3.8) is 0 Å². The first-order valence-electron chi connectivity index (χ1n) is 9.61. The molecule has 0 aliphatic heterocycles. The smallest absolute Gasteiger partial charge is 0.416 e. The first-order valence-corrected chi connectivity index (χ1v) is 9.61. The van der Waals surface area contributed by atoms with Crippen LogP contribution in [0.1, 0.15) is 28.2 Å².